The topological polar surface area (TPSA) is 66.2 Å². The molecule has 0 bridgehead atoms. The summed E-state index contributed by atoms with van der Waals surface area (Å²) in [6.07, 6.45) is -12.9. The van der Waals surface area contributed by atoms with Crippen molar-refractivity contribution in [1.82, 2.24) is 35.0 Å². The summed E-state index contributed by atoms with van der Waals surface area (Å²) >= 11 is 0. The van der Waals surface area contributed by atoms with Gasteiger partial charge in [0.25, 0.3) is 5.95 Å². The fourth-order valence-electron chi connectivity index (χ4n) is 5.33. The van der Waals surface area contributed by atoms with Crippen molar-refractivity contribution < 1.29 is 39.5 Å². The van der Waals surface area contributed by atoms with Gasteiger partial charge in [0.05, 0.1) is 35.5 Å². The maximum Gasteiger partial charge on any atom is 0.417 e. The van der Waals surface area contributed by atoms with Crippen LogP contribution in [0, 0.1) is 0 Å². The molecule has 1 aromatic carbocycles. The summed E-state index contributed by atoms with van der Waals surface area (Å²) in [6.45, 7) is 2.14. The van der Waals surface area contributed by atoms with Crippen LogP contribution in [0.2, 0.25) is 0 Å². The number of aromatic nitrogens is 5. The fourth-order valence-corrected chi connectivity index (χ4v) is 5.33. The summed E-state index contributed by atoms with van der Waals surface area (Å²) in [5.41, 5.74) is -4.10. The zero-order valence-corrected chi connectivity index (χ0v) is 24.3. The summed E-state index contributed by atoms with van der Waals surface area (Å²) in [7, 11) is 5.25. The molecule has 0 N–H and O–H groups in total. The van der Waals surface area contributed by atoms with Crippen LogP contribution in [-0.4, -0.2) is 68.2 Å². The van der Waals surface area contributed by atoms with Crippen molar-refractivity contribution in [2.24, 2.45) is 7.05 Å². The second kappa shape index (κ2) is 12.5. The molecule has 1 aliphatic rings. The predicted octanol–water partition coefficient (Wildman–Crippen LogP) is 5.96. The molecule has 1 aliphatic heterocycles. The number of halogens is 9. The maximum absolute atomic E-state index is 13.8. The second-order valence-corrected chi connectivity index (χ2v) is 10.9. The molecule has 0 spiro atoms. The number of nitrogens with zero attached hydrogens (tertiary/aromatic N) is 8. The number of aryl methyl sites for hydroxylation is 1. The number of hydrogen-bond donors (Lipinski definition) is 0. The lowest BCUT2D eigenvalue weighted by atomic mass is 10.0. The van der Waals surface area contributed by atoms with Gasteiger partial charge in [-0.2, -0.15) is 44.3 Å². The van der Waals surface area contributed by atoms with E-state index in [0.29, 0.717) is 37.3 Å². The van der Waals surface area contributed by atoms with Crippen LogP contribution in [0.15, 0.2) is 30.5 Å². The Bertz CT molecular complexity index is 1400. The third kappa shape index (κ3) is 7.78. The van der Waals surface area contributed by atoms with E-state index in [4.69, 9.17) is 0 Å². The molecular formula is C27H31F9N8. The normalized spacial score (nSPS) is 17.5. The van der Waals surface area contributed by atoms with Crippen molar-refractivity contribution in [3.05, 3.63) is 64.0 Å². The molecule has 0 aliphatic carbocycles. The summed E-state index contributed by atoms with van der Waals surface area (Å²) < 4.78 is 123. The lowest BCUT2D eigenvalue weighted by Crippen LogP contribution is -2.34. The Kier molecular flexibility index (Phi) is 9.49. The summed E-state index contributed by atoms with van der Waals surface area (Å²) in [5.74, 6) is -0.205. The second-order valence-electron chi connectivity index (χ2n) is 10.9. The Morgan fingerprint density at radius 3 is 1.98 bits per heavy atom. The van der Waals surface area contributed by atoms with Crippen LogP contribution in [-0.2, 0) is 38.7 Å². The molecular weight excluding hydrogens is 607 g/mol. The summed E-state index contributed by atoms with van der Waals surface area (Å²) in [4.78, 5) is 10.6. The van der Waals surface area contributed by atoms with Gasteiger partial charge in [0.15, 0.2) is 0 Å². The van der Waals surface area contributed by atoms with Gasteiger partial charge in [-0.25, -0.2) is 0 Å². The average molecular weight is 639 g/mol. The molecule has 44 heavy (non-hydrogen) atoms. The van der Waals surface area contributed by atoms with Gasteiger partial charge in [0, 0.05) is 38.4 Å². The first-order valence-electron chi connectivity index (χ1n) is 13.6. The molecule has 3 aromatic rings. The number of likely N-dealkylation sites (N-methyl/N-ethyl adjacent to an activating group) is 1. The lowest BCUT2D eigenvalue weighted by Gasteiger charge is -2.31. The van der Waals surface area contributed by atoms with Crippen LogP contribution in [0.5, 0.6) is 0 Å². The first-order valence-corrected chi connectivity index (χ1v) is 13.6. The molecule has 1 fully saturated rings. The molecule has 0 radical (unpaired) electrons. The number of likely N-dealkylation sites (tertiary alicyclic amines) is 1. The molecule has 1 saturated heterocycles. The smallest absolute Gasteiger partial charge is 0.329 e. The van der Waals surface area contributed by atoms with E-state index in [-0.39, 0.29) is 23.6 Å². The monoisotopic (exact) mass is 638 g/mol. The standard InChI is InChI=1S/C27H31F9N8/c1-5-22(43-7-6-21(15-43)41(2)3)23-17(10-20(12-37-23)27(34,35)36)14-44(24-38-40-42(4)39-24)13-16-8-18(25(28,29)30)11-19(9-16)26(31,32)33/h8-12,21-22H,5-7,13-15H2,1-4H3/t21-,22?/m0/s1. The Morgan fingerprint density at radius 2 is 1.50 bits per heavy atom. The van der Waals surface area contributed by atoms with Crippen LogP contribution in [0.3, 0.4) is 0 Å². The number of rotatable bonds is 9. The van der Waals surface area contributed by atoms with Crippen molar-refractivity contribution >= 4 is 5.95 Å². The van der Waals surface area contributed by atoms with E-state index in [1.165, 1.54) is 11.9 Å². The quantitative estimate of drug-likeness (QED) is 0.268. The minimum absolute atomic E-state index is 0.00608. The largest absolute Gasteiger partial charge is 0.417 e. The lowest BCUT2D eigenvalue weighted by molar-refractivity contribution is -0.143. The van der Waals surface area contributed by atoms with Crippen LogP contribution in [0.1, 0.15) is 59.3 Å². The molecule has 2 aromatic heterocycles. The molecule has 0 amide bonds. The number of tetrazole rings is 1. The molecule has 3 heterocycles. The Hall–Kier alpha value is -3.47. The number of anilines is 1. The number of benzene rings is 1. The Balaban J connectivity index is 1.80. The van der Waals surface area contributed by atoms with Gasteiger partial charge in [0.1, 0.15) is 0 Å². The highest BCUT2D eigenvalue weighted by Gasteiger charge is 2.38. The van der Waals surface area contributed by atoms with Gasteiger partial charge in [0.2, 0.25) is 0 Å². The summed E-state index contributed by atoms with van der Waals surface area (Å²) in [6, 6.07) is 1.84. The van der Waals surface area contributed by atoms with Crippen molar-refractivity contribution in [3.63, 3.8) is 0 Å². The van der Waals surface area contributed by atoms with Crippen molar-refractivity contribution in [3.8, 4) is 0 Å². The zero-order valence-electron chi connectivity index (χ0n) is 24.3. The minimum atomic E-state index is -5.09. The van der Waals surface area contributed by atoms with Crippen molar-refractivity contribution in [2.45, 2.75) is 63.5 Å². The van der Waals surface area contributed by atoms with E-state index in [1.54, 1.807) is 0 Å². The third-order valence-corrected chi connectivity index (χ3v) is 7.56. The molecule has 0 saturated carbocycles. The molecule has 242 valence electrons. The molecule has 1 unspecified atom stereocenters. The number of pyridine rings is 1. The van der Waals surface area contributed by atoms with E-state index in [2.05, 4.69) is 30.2 Å². The van der Waals surface area contributed by atoms with E-state index in [1.807, 2.05) is 21.0 Å². The highest BCUT2D eigenvalue weighted by Crippen LogP contribution is 2.38. The third-order valence-electron chi connectivity index (χ3n) is 7.56. The summed E-state index contributed by atoms with van der Waals surface area (Å²) in [5, 5.41) is 11.6. The van der Waals surface area contributed by atoms with Gasteiger partial charge in [-0.05, 0) is 67.5 Å². The van der Waals surface area contributed by atoms with Crippen LogP contribution >= 0.6 is 0 Å². The fraction of sp³-hybridized carbons (Fsp3) is 0.556. The van der Waals surface area contributed by atoms with Gasteiger partial charge in [-0.1, -0.05) is 12.0 Å². The van der Waals surface area contributed by atoms with Crippen LogP contribution in [0.25, 0.3) is 0 Å². The SMILES string of the molecule is CCC(c1ncc(C(F)(F)F)cc1CN(Cc1cc(C(F)(F)F)cc(C(F)(F)F)c1)c1nnn(C)n1)N1CC[C@H](N(C)C)C1. The highest BCUT2D eigenvalue weighted by atomic mass is 19.4. The van der Waals surface area contributed by atoms with E-state index in [9.17, 15) is 39.5 Å². The van der Waals surface area contributed by atoms with E-state index in [0.717, 1.165) is 23.5 Å². The molecule has 4 rings (SSSR count). The Labute approximate surface area is 247 Å². The average Bonchev–Trinajstić information content (AvgIpc) is 3.57. The van der Waals surface area contributed by atoms with Gasteiger partial charge < -0.3 is 9.80 Å². The first-order chi connectivity index (χ1) is 20.4. The van der Waals surface area contributed by atoms with Crippen molar-refractivity contribution in [2.75, 3.05) is 32.1 Å². The van der Waals surface area contributed by atoms with Gasteiger partial charge >= 0.3 is 18.5 Å². The van der Waals surface area contributed by atoms with Crippen molar-refractivity contribution in [1.29, 1.82) is 0 Å². The Morgan fingerprint density at radius 1 is 0.886 bits per heavy atom. The number of alkyl halides is 9. The minimum Gasteiger partial charge on any atom is -0.329 e. The zero-order chi connectivity index (χ0) is 32.6. The predicted molar refractivity (Wildman–Crippen MR) is 141 cm³/mol. The molecule has 2 atom stereocenters. The van der Waals surface area contributed by atoms with Crippen LogP contribution in [0.4, 0.5) is 45.5 Å². The number of hydrogen-bond acceptors (Lipinski definition) is 7. The maximum atomic E-state index is 13.8. The molecule has 17 heteroatoms. The van der Waals surface area contributed by atoms with E-state index < -0.39 is 59.9 Å². The van der Waals surface area contributed by atoms with Gasteiger partial charge in [-0.3, -0.25) is 9.88 Å². The highest BCUT2D eigenvalue weighted by molar-refractivity contribution is 5.40. The van der Waals surface area contributed by atoms with Gasteiger partial charge in [-0.15, -0.1) is 5.10 Å². The first kappa shape index (κ1) is 33.4. The van der Waals surface area contributed by atoms with Crippen LogP contribution < -0.4 is 4.90 Å². The van der Waals surface area contributed by atoms with E-state index >= 15 is 0 Å². The molecule has 8 nitrogen and oxygen atoms in total.